The van der Waals surface area contributed by atoms with Crippen LogP contribution < -0.4 is 15.4 Å². The lowest BCUT2D eigenvalue weighted by Crippen LogP contribution is -2.48. The molecule has 0 radical (unpaired) electrons. The van der Waals surface area contributed by atoms with Crippen LogP contribution in [0.2, 0.25) is 0 Å². The molecule has 0 saturated carbocycles. The normalized spacial score (nSPS) is 12.0. The van der Waals surface area contributed by atoms with E-state index in [2.05, 4.69) is 41.6 Å². The number of amides is 2. The highest BCUT2D eigenvalue weighted by atomic mass is 16.5. The van der Waals surface area contributed by atoms with Gasteiger partial charge in [0.1, 0.15) is 18.4 Å². The number of nitrogens with one attached hydrogen (secondary N) is 3. The van der Waals surface area contributed by atoms with Crippen LogP contribution in [0.3, 0.4) is 0 Å². The van der Waals surface area contributed by atoms with E-state index in [0.29, 0.717) is 25.5 Å². The van der Waals surface area contributed by atoms with Crippen LogP contribution in [0.25, 0.3) is 10.9 Å². The maximum Gasteiger partial charge on any atom is 0.243 e. The molecule has 2 aromatic carbocycles. The van der Waals surface area contributed by atoms with Crippen LogP contribution in [0.1, 0.15) is 43.4 Å². The molecule has 0 aliphatic rings. The predicted octanol–water partition coefficient (Wildman–Crippen LogP) is 3.84. The molecule has 1 heterocycles. The van der Waals surface area contributed by atoms with Gasteiger partial charge in [0.2, 0.25) is 11.8 Å². The van der Waals surface area contributed by atoms with Gasteiger partial charge >= 0.3 is 0 Å². The van der Waals surface area contributed by atoms with E-state index in [9.17, 15) is 9.59 Å². The molecule has 31 heavy (non-hydrogen) atoms. The fourth-order valence-electron chi connectivity index (χ4n) is 3.68. The number of rotatable bonds is 9. The van der Waals surface area contributed by atoms with E-state index >= 15 is 0 Å². The van der Waals surface area contributed by atoms with Gasteiger partial charge in [-0.25, -0.2) is 0 Å². The molecule has 0 bridgehead atoms. The van der Waals surface area contributed by atoms with Crippen molar-refractivity contribution < 1.29 is 14.3 Å². The van der Waals surface area contributed by atoms with Crippen molar-refractivity contribution in [3.63, 3.8) is 0 Å². The molecule has 0 saturated heterocycles. The molecule has 6 heteroatoms. The van der Waals surface area contributed by atoms with E-state index in [4.69, 9.17) is 4.74 Å². The standard InChI is InChI=1S/C25H31N3O3/c1-16(2)20-10-9-17(3)13-24(20)31-12-11-26-25(30)23(28-18(4)29)14-19-15-27-22-8-6-5-7-21(19)22/h5-10,13,15-16,23,27H,11-12,14H2,1-4H3,(H,26,30)(H,28,29)/t23-/m0/s1. The number of hydrogen-bond acceptors (Lipinski definition) is 3. The van der Waals surface area contributed by atoms with E-state index in [-0.39, 0.29) is 11.8 Å². The highest BCUT2D eigenvalue weighted by molar-refractivity contribution is 5.89. The number of H-pyrrole nitrogens is 1. The number of fused-ring (bicyclic) bond motifs is 1. The van der Waals surface area contributed by atoms with E-state index in [0.717, 1.165) is 33.3 Å². The Labute approximate surface area is 183 Å². The molecule has 3 rings (SSSR count). The van der Waals surface area contributed by atoms with Crippen molar-refractivity contribution in [2.75, 3.05) is 13.2 Å². The zero-order chi connectivity index (χ0) is 22.4. The second kappa shape index (κ2) is 10.2. The summed E-state index contributed by atoms with van der Waals surface area (Å²) in [6, 6.07) is 13.4. The summed E-state index contributed by atoms with van der Waals surface area (Å²) < 4.78 is 5.95. The minimum Gasteiger partial charge on any atom is -0.491 e. The number of aryl methyl sites for hydroxylation is 1. The molecule has 6 nitrogen and oxygen atoms in total. The SMILES string of the molecule is CC(=O)N[C@@H](Cc1c[nH]c2ccccc12)C(=O)NCCOc1cc(C)ccc1C(C)C. The Morgan fingerprint density at radius 1 is 1.13 bits per heavy atom. The van der Waals surface area contributed by atoms with Crippen LogP contribution in [0.15, 0.2) is 48.7 Å². The van der Waals surface area contributed by atoms with Crippen molar-refractivity contribution in [1.29, 1.82) is 0 Å². The van der Waals surface area contributed by atoms with Crippen molar-refractivity contribution >= 4 is 22.7 Å². The molecule has 3 N–H and O–H groups in total. The van der Waals surface area contributed by atoms with Gasteiger partial charge in [-0.2, -0.15) is 0 Å². The summed E-state index contributed by atoms with van der Waals surface area (Å²) in [5.74, 6) is 0.738. The quantitative estimate of drug-likeness (QED) is 0.459. The van der Waals surface area contributed by atoms with E-state index in [1.807, 2.05) is 43.5 Å². The lowest BCUT2D eigenvalue weighted by atomic mass is 10.0. The lowest BCUT2D eigenvalue weighted by molar-refractivity contribution is -0.128. The van der Waals surface area contributed by atoms with E-state index in [1.54, 1.807) is 0 Å². The van der Waals surface area contributed by atoms with Crippen LogP contribution in [0, 0.1) is 6.92 Å². The number of para-hydroxylation sites is 1. The van der Waals surface area contributed by atoms with Crippen LogP contribution in [-0.2, 0) is 16.0 Å². The number of carbonyl (C=O) groups is 2. The Balaban J connectivity index is 1.60. The van der Waals surface area contributed by atoms with Gasteiger partial charge in [-0.05, 0) is 41.7 Å². The minimum absolute atomic E-state index is 0.225. The number of carbonyl (C=O) groups excluding carboxylic acids is 2. The molecular weight excluding hydrogens is 390 g/mol. The van der Waals surface area contributed by atoms with Crippen LogP contribution >= 0.6 is 0 Å². The summed E-state index contributed by atoms with van der Waals surface area (Å²) in [6.45, 7) is 8.42. The molecular formula is C25H31N3O3. The van der Waals surface area contributed by atoms with Gasteiger partial charge in [0, 0.05) is 30.4 Å². The van der Waals surface area contributed by atoms with Crippen LogP contribution in [0.4, 0.5) is 0 Å². The molecule has 0 spiro atoms. The summed E-state index contributed by atoms with van der Waals surface area (Å²) in [4.78, 5) is 27.7. The smallest absolute Gasteiger partial charge is 0.243 e. The molecule has 0 aliphatic heterocycles. The zero-order valence-electron chi connectivity index (χ0n) is 18.6. The van der Waals surface area contributed by atoms with Crippen molar-refractivity contribution in [1.82, 2.24) is 15.6 Å². The summed E-state index contributed by atoms with van der Waals surface area (Å²) in [6.07, 6.45) is 2.30. The van der Waals surface area contributed by atoms with Crippen molar-refractivity contribution in [2.24, 2.45) is 0 Å². The zero-order valence-corrected chi connectivity index (χ0v) is 18.6. The van der Waals surface area contributed by atoms with Gasteiger partial charge in [-0.15, -0.1) is 0 Å². The monoisotopic (exact) mass is 421 g/mol. The highest BCUT2D eigenvalue weighted by Crippen LogP contribution is 2.27. The average Bonchev–Trinajstić information content (AvgIpc) is 3.13. The Hall–Kier alpha value is -3.28. The maximum atomic E-state index is 12.8. The molecule has 0 fully saturated rings. The third-order valence-corrected chi connectivity index (χ3v) is 5.24. The Morgan fingerprint density at radius 2 is 1.90 bits per heavy atom. The maximum absolute atomic E-state index is 12.8. The largest absolute Gasteiger partial charge is 0.491 e. The molecule has 0 unspecified atom stereocenters. The Bertz CT molecular complexity index is 1060. The van der Waals surface area contributed by atoms with Crippen LogP contribution in [0.5, 0.6) is 5.75 Å². The number of aromatic nitrogens is 1. The van der Waals surface area contributed by atoms with Gasteiger partial charge in [0.05, 0.1) is 6.54 Å². The molecule has 0 aliphatic carbocycles. The fourth-order valence-corrected chi connectivity index (χ4v) is 3.68. The van der Waals surface area contributed by atoms with Gasteiger partial charge in [-0.1, -0.05) is 44.2 Å². The molecule has 2 amide bonds. The van der Waals surface area contributed by atoms with Crippen molar-refractivity contribution in [2.45, 2.75) is 46.1 Å². The third kappa shape index (κ3) is 5.87. The van der Waals surface area contributed by atoms with E-state index < -0.39 is 6.04 Å². The minimum atomic E-state index is -0.651. The lowest BCUT2D eigenvalue weighted by Gasteiger charge is -2.18. The first-order valence-corrected chi connectivity index (χ1v) is 10.7. The number of ether oxygens (including phenoxy) is 1. The Morgan fingerprint density at radius 3 is 2.65 bits per heavy atom. The second-order valence-electron chi connectivity index (χ2n) is 8.15. The summed E-state index contributed by atoms with van der Waals surface area (Å²) in [5.41, 5.74) is 4.27. The van der Waals surface area contributed by atoms with E-state index in [1.165, 1.54) is 6.92 Å². The van der Waals surface area contributed by atoms with Gasteiger partial charge in [0.15, 0.2) is 0 Å². The average molecular weight is 422 g/mol. The molecule has 3 aromatic rings. The number of aromatic amines is 1. The first kappa shape index (κ1) is 22.4. The first-order chi connectivity index (χ1) is 14.8. The van der Waals surface area contributed by atoms with Gasteiger partial charge in [0.25, 0.3) is 0 Å². The van der Waals surface area contributed by atoms with Crippen molar-refractivity contribution in [3.05, 3.63) is 65.4 Å². The molecule has 1 aromatic heterocycles. The number of benzene rings is 2. The Kier molecular flexibility index (Phi) is 7.34. The first-order valence-electron chi connectivity index (χ1n) is 10.7. The second-order valence-corrected chi connectivity index (χ2v) is 8.15. The predicted molar refractivity (Wildman–Crippen MR) is 123 cm³/mol. The highest BCUT2D eigenvalue weighted by Gasteiger charge is 2.21. The summed E-state index contributed by atoms with van der Waals surface area (Å²) >= 11 is 0. The van der Waals surface area contributed by atoms with Gasteiger partial charge < -0.3 is 20.4 Å². The summed E-state index contributed by atoms with van der Waals surface area (Å²) in [7, 11) is 0. The number of hydrogen-bond donors (Lipinski definition) is 3. The van der Waals surface area contributed by atoms with Crippen LogP contribution in [-0.4, -0.2) is 36.0 Å². The fraction of sp³-hybridized carbons (Fsp3) is 0.360. The third-order valence-electron chi connectivity index (χ3n) is 5.24. The molecule has 1 atom stereocenters. The summed E-state index contributed by atoms with van der Waals surface area (Å²) in [5, 5.41) is 6.71. The van der Waals surface area contributed by atoms with Gasteiger partial charge in [-0.3, -0.25) is 9.59 Å². The topological polar surface area (TPSA) is 83.2 Å². The molecule has 164 valence electrons. The van der Waals surface area contributed by atoms with Crippen molar-refractivity contribution in [3.8, 4) is 5.75 Å².